The van der Waals surface area contributed by atoms with E-state index in [4.69, 9.17) is 10.5 Å². The predicted molar refractivity (Wildman–Crippen MR) is 75.6 cm³/mol. The smallest absolute Gasteiger partial charge is 0.172 e. The molecule has 0 spiro atoms. The second-order valence-corrected chi connectivity index (χ2v) is 4.46. The molecule has 1 unspecified atom stereocenters. The van der Waals surface area contributed by atoms with E-state index in [1.165, 1.54) is 7.11 Å². The number of methoxy groups -OCH3 is 1. The number of ether oxygens (including phenoxy) is 1. The van der Waals surface area contributed by atoms with Gasteiger partial charge in [-0.25, -0.2) is 4.39 Å². The van der Waals surface area contributed by atoms with Crippen molar-refractivity contribution in [1.29, 1.82) is 0 Å². The number of hydrogen-bond donors (Lipinski definition) is 1. The molecular weight excluding hydrogens is 241 g/mol. The molecule has 2 N–H and O–H groups in total. The quantitative estimate of drug-likeness (QED) is 0.903. The SMILES string of the molecule is CCC(N)c1cccc(-c2cccc(OC)c2F)c1. The Morgan fingerprint density at radius 3 is 2.63 bits per heavy atom. The van der Waals surface area contributed by atoms with Gasteiger partial charge in [0, 0.05) is 11.6 Å². The maximum Gasteiger partial charge on any atom is 0.172 e. The van der Waals surface area contributed by atoms with Gasteiger partial charge in [0.05, 0.1) is 7.11 Å². The summed E-state index contributed by atoms with van der Waals surface area (Å²) >= 11 is 0. The molecule has 0 bridgehead atoms. The third-order valence-electron chi connectivity index (χ3n) is 3.25. The third-order valence-corrected chi connectivity index (χ3v) is 3.25. The average molecular weight is 259 g/mol. The first-order valence-corrected chi connectivity index (χ1v) is 6.35. The van der Waals surface area contributed by atoms with Crippen molar-refractivity contribution in [2.24, 2.45) is 5.73 Å². The fourth-order valence-corrected chi connectivity index (χ4v) is 2.06. The number of halogens is 1. The van der Waals surface area contributed by atoms with Crippen molar-refractivity contribution in [2.45, 2.75) is 19.4 Å². The zero-order chi connectivity index (χ0) is 13.8. The van der Waals surface area contributed by atoms with Gasteiger partial charge < -0.3 is 10.5 Å². The molecule has 0 aliphatic heterocycles. The van der Waals surface area contributed by atoms with E-state index in [2.05, 4.69) is 0 Å². The molecule has 0 radical (unpaired) electrons. The normalized spacial score (nSPS) is 12.2. The Bertz CT molecular complexity index is 568. The fourth-order valence-electron chi connectivity index (χ4n) is 2.06. The highest BCUT2D eigenvalue weighted by Gasteiger charge is 2.11. The summed E-state index contributed by atoms with van der Waals surface area (Å²) in [5.41, 5.74) is 8.38. The van der Waals surface area contributed by atoms with Gasteiger partial charge in [0.1, 0.15) is 0 Å². The molecule has 0 fully saturated rings. The summed E-state index contributed by atoms with van der Waals surface area (Å²) in [5.74, 6) is -0.0880. The minimum atomic E-state index is -0.341. The fraction of sp³-hybridized carbons (Fsp3) is 0.250. The van der Waals surface area contributed by atoms with Crippen molar-refractivity contribution in [3.8, 4) is 16.9 Å². The topological polar surface area (TPSA) is 35.2 Å². The third kappa shape index (κ3) is 2.76. The second kappa shape index (κ2) is 5.85. The monoisotopic (exact) mass is 259 g/mol. The van der Waals surface area contributed by atoms with Crippen molar-refractivity contribution in [2.75, 3.05) is 7.11 Å². The predicted octanol–water partition coefficient (Wildman–Crippen LogP) is 3.91. The van der Waals surface area contributed by atoms with E-state index < -0.39 is 0 Å². The molecule has 100 valence electrons. The van der Waals surface area contributed by atoms with Gasteiger partial charge in [-0.05, 0) is 29.7 Å². The van der Waals surface area contributed by atoms with Gasteiger partial charge in [0.25, 0.3) is 0 Å². The van der Waals surface area contributed by atoms with Crippen LogP contribution in [0.1, 0.15) is 24.9 Å². The summed E-state index contributed by atoms with van der Waals surface area (Å²) in [6, 6.07) is 12.8. The van der Waals surface area contributed by atoms with Crippen LogP contribution in [0.4, 0.5) is 4.39 Å². The highest BCUT2D eigenvalue weighted by molar-refractivity contribution is 5.66. The molecular formula is C16H18FNO. The first-order valence-electron chi connectivity index (χ1n) is 6.35. The molecule has 0 saturated carbocycles. The lowest BCUT2D eigenvalue weighted by Gasteiger charge is -2.12. The van der Waals surface area contributed by atoms with E-state index in [0.717, 1.165) is 17.5 Å². The van der Waals surface area contributed by atoms with Crippen LogP contribution in [0.15, 0.2) is 42.5 Å². The summed E-state index contributed by atoms with van der Waals surface area (Å²) in [7, 11) is 1.46. The van der Waals surface area contributed by atoms with Gasteiger partial charge >= 0.3 is 0 Å². The van der Waals surface area contributed by atoms with Gasteiger partial charge in [0.15, 0.2) is 11.6 Å². The summed E-state index contributed by atoms with van der Waals surface area (Å²) < 4.78 is 19.2. The molecule has 0 aliphatic carbocycles. The van der Waals surface area contributed by atoms with Crippen LogP contribution < -0.4 is 10.5 Å². The molecule has 2 aromatic rings. The summed E-state index contributed by atoms with van der Waals surface area (Å²) in [5, 5.41) is 0. The maximum absolute atomic E-state index is 14.2. The Morgan fingerprint density at radius 1 is 1.21 bits per heavy atom. The van der Waals surface area contributed by atoms with Crippen LogP contribution in [0.5, 0.6) is 5.75 Å². The highest BCUT2D eigenvalue weighted by atomic mass is 19.1. The zero-order valence-corrected chi connectivity index (χ0v) is 11.2. The minimum Gasteiger partial charge on any atom is -0.494 e. The van der Waals surface area contributed by atoms with E-state index in [9.17, 15) is 4.39 Å². The molecule has 0 amide bonds. The van der Waals surface area contributed by atoms with Crippen molar-refractivity contribution < 1.29 is 9.13 Å². The van der Waals surface area contributed by atoms with Crippen LogP contribution in [-0.2, 0) is 0 Å². The van der Waals surface area contributed by atoms with Crippen LogP contribution in [0, 0.1) is 5.82 Å². The van der Waals surface area contributed by atoms with Gasteiger partial charge in [-0.2, -0.15) is 0 Å². The Hall–Kier alpha value is -1.87. The van der Waals surface area contributed by atoms with E-state index >= 15 is 0 Å². The number of hydrogen-bond acceptors (Lipinski definition) is 2. The molecule has 0 heterocycles. The largest absolute Gasteiger partial charge is 0.494 e. The van der Waals surface area contributed by atoms with Crippen molar-refractivity contribution in [3.05, 3.63) is 53.8 Å². The molecule has 19 heavy (non-hydrogen) atoms. The molecule has 2 aromatic carbocycles. The Balaban J connectivity index is 2.47. The van der Waals surface area contributed by atoms with Crippen molar-refractivity contribution in [3.63, 3.8) is 0 Å². The molecule has 3 heteroatoms. The zero-order valence-electron chi connectivity index (χ0n) is 11.2. The lowest BCUT2D eigenvalue weighted by atomic mass is 9.98. The highest BCUT2D eigenvalue weighted by Crippen LogP contribution is 2.30. The van der Waals surface area contributed by atoms with Gasteiger partial charge in [-0.3, -0.25) is 0 Å². The number of benzene rings is 2. The second-order valence-electron chi connectivity index (χ2n) is 4.46. The van der Waals surface area contributed by atoms with Crippen LogP contribution >= 0.6 is 0 Å². The van der Waals surface area contributed by atoms with E-state index in [1.54, 1.807) is 18.2 Å². The van der Waals surface area contributed by atoms with Gasteiger partial charge in [-0.15, -0.1) is 0 Å². The van der Waals surface area contributed by atoms with Crippen LogP contribution in [0.2, 0.25) is 0 Å². The van der Waals surface area contributed by atoms with Gasteiger partial charge in [-0.1, -0.05) is 37.3 Å². The first kappa shape index (κ1) is 13.6. The Labute approximate surface area is 113 Å². The maximum atomic E-state index is 14.2. The van der Waals surface area contributed by atoms with Crippen LogP contribution in [-0.4, -0.2) is 7.11 Å². The van der Waals surface area contributed by atoms with E-state index in [-0.39, 0.29) is 17.6 Å². The lowest BCUT2D eigenvalue weighted by Crippen LogP contribution is -2.08. The molecule has 2 rings (SSSR count). The first-order chi connectivity index (χ1) is 9.17. The molecule has 0 aliphatic rings. The van der Waals surface area contributed by atoms with Crippen molar-refractivity contribution in [1.82, 2.24) is 0 Å². The summed E-state index contributed by atoms with van der Waals surface area (Å²) in [6.45, 7) is 2.03. The summed E-state index contributed by atoms with van der Waals surface area (Å²) in [4.78, 5) is 0. The number of nitrogens with two attached hydrogens (primary N) is 1. The molecule has 0 aromatic heterocycles. The van der Waals surface area contributed by atoms with E-state index in [0.29, 0.717) is 5.56 Å². The molecule has 0 saturated heterocycles. The molecule has 2 nitrogen and oxygen atoms in total. The number of rotatable bonds is 4. The average Bonchev–Trinajstić information content (AvgIpc) is 2.46. The van der Waals surface area contributed by atoms with Crippen LogP contribution in [0.3, 0.4) is 0 Å². The lowest BCUT2D eigenvalue weighted by molar-refractivity contribution is 0.387. The van der Waals surface area contributed by atoms with Crippen molar-refractivity contribution >= 4 is 0 Å². The summed E-state index contributed by atoms with van der Waals surface area (Å²) in [6.07, 6.45) is 0.851. The standard InChI is InChI=1S/C16H18FNO/c1-3-14(18)12-7-4-6-11(10-12)13-8-5-9-15(19-2)16(13)17/h4-10,14H,3,18H2,1-2H3. The van der Waals surface area contributed by atoms with Gasteiger partial charge in [0.2, 0.25) is 0 Å². The van der Waals surface area contributed by atoms with Crippen LogP contribution in [0.25, 0.3) is 11.1 Å². The Kier molecular flexibility index (Phi) is 4.17. The molecule has 1 atom stereocenters. The Morgan fingerprint density at radius 2 is 1.95 bits per heavy atom. The van der Waals surface area contributed by atoms with E-state index in [1.807, 2.05) is 31.2 Å². The minimum absolute atomic E-state index is 0.0198.